The first-order chi connectivity index (χ1) is 36.2. The van der Waals surface area contributed by atoms with Crippen LogP contribution >= 0.6 is 0 Å². The molecule has 1 rings (SSSR count). The van der Waals surface area contributed by atoms with Gasteiger partial charge in [-0.15, -0.1) is 0 Å². The van der Waals surface area contributed by atoms with Crippen LogP contribution in [0.5, 0.6) is 0 Å². The Morgan fingerprint density at radius 2 is 0.703 bits per heavy atom. The van der Waals surface area contributed by atoms with Gasteiger partial charge in [0.2, 0.25) is 0 Å². The monoisotopic (exact) mass is 1050 g/mol. The Labute approximate surface area is 456 Å². The number of hydrogen-bond donors (Lipinski definition) is 0. The van der Waals surface area contributed by atoms with E-state index in [1.807, 2.05) is 0 Å². The molecule has 0 aromatic heterocycles. The van der Waals surface area contributed by atoms with Gasteiger partial charge in [-0.25, -0.2) is 0 Å². The minimum Gasteiger partial charge on any atom is -0.469 e. The van der Waals surface area contributed by atoms with Crippen molar-refractivity contribution in [1.82, 2.24) is 19.6 Å². The lowest BCUT2D eigenvalue weighted by atomic mass is 9.94. The summed E-state index contributed by atoms with van der Waals surface area (Å²) in [6.45, 7) is 20.0. The van der Waals surface area contributed by atoms with Crippen LogP contribution in [0.4, 0.5) is 0 Å². The van der Waals surface area contributed by atoms with Crippen LogP contribution in [0.2, 0.25) is 0 Å². The Hall–Kier alpha value is -2.28. The van der Waals surface area contributed by atoms with E-state index in [0.29, 0.717) is 83.8 Å². The van der Waals surface area contributed by atoms with E-state index in [4.69, 9.17) is 18.9 Å². The zero-order valence-corrected chi connectivity index (χ0v) is 49.6. The van der Waals surface area contributed by atoms with Crippen molar-refractivity contribution >= 4 is 23.9 Å². The summed E-state index contributed by atoms with van der Waals surface area (Å²) in [5.74, 6) is -0.707. The summed E-state index contributed by atoms with van der Waals surface area (Å²) in [4.78, 5) is 61.1. The summed E-state index contributed by atoms with van der Waals surface area (Å²) in [5, 5.41) is 0. The lowest BCUT2D eigenvalue weighted by Gasteiger charge is -2.38. The lowest BCUT2D eigenvalue weighted by molar-refractivity contribution is -0.145. The van der Waals surface area contributed by atoms with Crippen LogP contribution in [0.3, 0.4) is 0 Å². The molecule has 0 spiro atoms. The standard InChI is InChI=1S/C62H120N4O8/c1-7-11-14-17-20-23-26-29-35-54-72-60(68)41-45-63(44-40-59(67)71-6)49-51-66(58-38-33-32-34-39-58)53-52-65(57(5)10-4)50-48-64(46-42-61(69)73-55-36-30-27-24-21-18-15-12-8-2)47-43-62(70)74-56-37-31-28-25-22-19-16-13-9-3/h57-58H,7-56H2,1-6H3. The highest BCUT2D eigenvalue weighted by atomic mass is 16.5. The molecule has 74 heavy (non-hydrogen) atoms. The van der Waals surface area contributed by atoms with Crippen molar-refractivity contribution in [3.8, 4) is 0 Å². The quantitative estimate of drug-likeness (QED) is 0.0328. The Balaban J connectivity index is 2.89. The highest BCUT2D eigenvalue weighted by molar-refractivity contribution is 5.70. The molecule has 0 radical (unpaired) electrons. The van der Waals surface area contributed by atoms with Crippen LogP contribution in [-0.2, 0) is 38.1 Å². The van der Waals surface area contributed by atoms with Gasteiger partial charge in [0.15, 0.2) is 0 Å². The molecular formula is C62H120N4O8. The molecule has 0 aliphatic heterocycles. The Morgan fingerprint density at radius 1 is 0.392 bits per heavy atom. The molecule has 0 N–H and O–H groups in total. The number of ether oxygens (including phenoxy) is 4. The van der Waals surface area contributed by atoms with Gasteiger partial charge in [0.25, 0.3) is 0 Å². The summed E-state index contributed by atoms with van der Waals surface area (Å²) in [6.07, 6.45) is 41.5. The number of unbranched alkanes of at least 4 members (excludes halogenated alkanes) is 24. The van der Waals surface area contributed by atoms with Gasteiger partial charge in [0.1, 0.15) is 0 Å². The predicted molar refractivity (Wildman–Crippen MR) is 308 cm³/mol. The van der Waals surface area contributed by atoms with Gasteiger partial charge >= 0.3 is 23.9 Å². The molecule has 1 aliphatic rings. The van der Waals surface area contributed by atoms with E-state index < -0.39 is 0 Å². The Bertz CT molecular complexity index is 1260. The van der Waals surface area contributed by atoms with Crippen molar-refractivity contribution in [2.75, 3.05) is 92.4 Å². The first kappa shape index (κ1) is 69.7. The van der Waals surface area contributed by atoms with Crippen molar-refractivity contribution in [2.45, 2.75) is 284 Å². The highest BCUT2D eigenvalue weighted by Crippen LogP contribution is 2.23. The van der Waals surface area contributed by atoms with Crippen LogP contribution in [0, 0.1) is 0 Å². The maximum atomic E-state index is 13.0. The molecule has 0 bridgehead atoms. The van der Waals surface area contributed by atoms with Gasteiger partial charge in [0, 0.05) is 77.5 Å². The molecule has 12 heteroatoms. The third-order valence-corrected chi connectivity index (χ3v) is 15.7. The van der Waals surface area contributed by atoms with E-state index in [1.54, 1.807) is 0 Å². The molecule has 0 amide bonds. The smallest absolute Gasteiger partial charge is 0.307 e. The van der Waals surface area contributed by atoms with Crippen LogP contribution < -0.4 is 0 Å². The fourth-order valence-electron chi connectivity index (χ4n) is 10.3. The SMILES string of the molecule is CCCCCCCCCCCOC(=O)CCN(CCC(=O)OCCCCCCCCCCC)CCN(CCN(CCN(CCC(=O)OC)CCC(=O)OCCCCCCCCCCC)C1CCCCC1)C(C)CC. The highest BCUT2D eigenvalue weighted by Gasteiger charge is 2.24. The van der Waals surface area contributed by atoms with Gasteiger partial charge in [-0.2, -0.15) is 0 Å². The number of carbonyl (C=O) groups excluding carboxylic acids is 4. The first-order valence-corrected chi connectivity index (χ1v) is 31.6. The summed E-state index contributed by atoms with van der Waals surface area (Å²) >= 11 is 0. The zero-order valence-electron chi connectivity index (χ0n) is 49.6. The normalized spacial score (nSPS) is 13.6. The molecule has 1 fully saturated rings. The fourth-order valence-corrected chi connectivity index (χ4v) is 10.3. The second-order valence-electron chi connectivity index (χ2n) is 22.0. The summed E-state index contributed by atoms with van der Waals surface area (Å²) < 4.78 is 22.1. The third kappa shape index (κ3) is 41.8. The van der Waals surface area contributed by atoms with Gasteiger partial charge in [0.05, 0.1) is 52.6 Å². The first-order valence-electron chi connectivity index (χ1n) is 31.6. The summed E-state index contributed by atoms with van der Waals surface area (Å²) in [7, 11) is 1.44. The molecule has 436 valence electrons. The molecule has 12 nitrogen and oxygen atoms in total. The van der Waals surface area contributed by atoms with E-state index in [9.17, 15) is 19.2 Å². The predicted octanol–water partition coefficient (Wildman–Crippen LogP) is 14.3. The van der Waals surface area contributed by atoms with Crippen molar-refractivity contribution in [1.29, 1.82) is 0 Å². The molecular weight excluding hydrogens is 929 g/mol. The van der Waals surface area contributed by atoms with Gasteiger partial charge in [-0.05, 0) is 45.4 Å². The van der Waals surface area contributed by atoms with E-state index in [2.05, 4.69) is 54.2 Å². The topological polar surface area (TPSA) is 118 Å². The van der Waals surface area contributed by atoms with Crippen LogP contribution in [0.1, 0.15) is 272 Å². The van der Waals surface area contributed by atoms with E-state index in [1.165, 1.54) is 174 Å². The second kappa shape index (κ2) is 51.5. The van der Waals surface area contributed by atoms with E-state index in [0.717, 1.165) is 84.2 Å². The van der Waals surface area contributed by atoms with E-state index >= 15 is 0 Å². The van der Waals surface area contributed by atoms with Gasteiger partial charge < -0.3 is 28.7 Å². The molecule has 0 aromatic carbocycles. The number of nitrogens with zero attached hydrogens (tertiary/aromatic N) is 4. The Kier molecular flexibility index (Phi) is 48.5. The number of hydrogen-bond acceptors (Lipinski definition) is 12. The van der Waals surface area contributed by atoms with Crippen LogP contribution in [0.25, 0.3) is 0 Å². The second-order valence-corrected chi connectivity index (χ2v) is 22.0. The Morgan fingerprint density at radius 3 is 1.05 bits per heavy atom. The number of methoxy groups -OCH3 is 1. The maximum absolute atomic E-state index is 13.0. The summed E-state index contributed by atoms with van der Waals surface area (Å²) in [5.41, 5.74) is 0. The van der Waals surface area contributed by atoms with Crippen molar-refractivity contribution in [3.05, 3.63) is 0 Å². The van der Waals surface area contributed by atoms with Gasteiger partial charge in [-0.1, -0.05) is 201 Å². The van der Waals surface area contributed by atoms with Gasteiger partial charge in [-0.3, -0.25) is 29.0 Å². The van der Waals surface area contributed by atoms with Crippen molar-refractivity contribution in [2.24, 2.45) is 0 Å². The zero-order chi connectivity index (χ0) is 54.0. The van der Waals surface area contributed by atoms with Crippen molar-refractivity contribution < 1.29 is 38.1 Å². The lowest BCUT2D eigenvalue weighted by Crippen LogP contribution is -2.48. The van der Waals surface area contributed by atoms with Crippen LogP contribution in [0.15, 0.2) is 0 Å². The fraction of sp³-hybridized carbons (Fsp3) is 0.935. The van der Waals surface area contributed by atoms with Crippen molar-refractivity contribution in [3.63, 3.8) is 0 Å². The molecule has 0 aromatic rings. The number of esters is 4. The largest absolute Gasteiger partial charge is 0.469 e. The van der Waals surface area contributed by atoms with E-state index in [-0.39, 0.29) is 23.9 Å². The minimum atomic E-state index is -0.234. The average molecular weight is 1050 g/mol. The molecule has 0 heterocycles. The molecule has 0 saturated heterocycles. The molecule has 1 aliphatic carbocycles. The van der Waals surface area contributed by atoms with Crippen LogP contribution in [-0.4, -0.2) is 148 Å². The average Bonchev–Trinajstić information content (AvgIpc) is 3.41. The minimum absolute atomic E-state index is 0.156. The third-order valence-electron chi connectivity index (χ3n) is 15.7. The molecule has 1 saturated carbocycles. The summed E-state index contributed by atoms with van der Waals surface area (Å²) in [6, 6.07) is 0.872. The molecule has 1 unspecified atom stereocenters. The maximum Gasteiger partial charge on any atom is 0.307 e. The number of carbonyl (C=O) groups is 4. The number of rotatable bonds is 54. The molecule has 1 atom stereocenters.